The molecule has 2 unspecified atom stereocenters. The van der Waals surface area contributed by atoms with E-state index in [-0.39, 0.29) is 17.9 Å². The van der Waals surface area contributed by atoms with E-state index in [0.717, 1.165) is 68.3 Å². The Labute approximate surface area is 159 Å². The van der Waals surface area contributed by atoms with Gasteiger partial charge in [-0.3, -0.25) is 9.89 Å². The van der Waals surface area contributed by atoms with Crippen molar-refractivity contribution in [3.63, 3.8) is 0 Å². The molecule has 7 nitrogen and oxygen atoms in total. The zero-order valence-corrected chi connectivity index (χ0v) is 15.9. The quantitative estimate of drug-likeness (QED) is 0.772. The largest absolute Gasteiger partial charge is 0.341 e. The second kappa shape index (κ2) is 8.08. The standard InChI is InChI=1S/C20H28N6O/c1-14-12-19(25-24-14)23-18-9-4-8-16(22-18)15-6-5-11-26(13-15)20(27)17-7-2-3-10-21-17/h4,8-9,12,15,17,21H,2-3,5-7,10-11,13H2,1H3,(H2,22,23,24,25). The number of likely N-dealkylation sites (tertiary alicyclic amines) is 1. The Bertz CT molecular complexity index is 782. The fourth-order valence-electron chi connectivity index (χ4n) is 4.06. The zero-order valence-electron chi connectivity index (χ0n) is 15.9. The summed E-state index contributed by atoms with van der Waals surface area (Å²) in [5, 5.41) is 13.8. The molecular weight excluding hydrogens is 340 g/mol. The van der Waals surface area contributed by atoms with Crippen molar-refractivity contribution in [2.75, 3.05) is 25.0 Å². The van der Waals surface area contributed by atoms with Crippen LogP contribution in [0.25, 0.3) is 0 Å². The van der Waals surface area contributed by atoms with E-state index in [0.29, 0.717) is 0 Å². The van der Waals surface area contributed by atoms with Crippen LogP contribution in [-0.2, 0) is 4.79 Å². The van der Waals surface area contributed by atoms with E-state index in [1.165, 1.54) is 6.42 Å². The van der Waals surface area contributed by atoms with Gasteiger partial charge in [0.2, 0.25) is 5.91 Å². The minimum absolute atomic E-state index is 0.00126. The second-order valence-corrected chi connectivity index (χ2v) is 7.63. The van der Waals surface area contributed by atoms with Crippen LogP contribution < -0.4 is 10.6 Å². The minimum Gasteiger partial charge on any atom is -0.341 e. The van der Waals surface area contributed by atoms with Crippen LogP contribution in [0.15, 0.2) is 24.3 Å². The topological polar surface area (TPSA) is 85.9 Å². The number of hydrogen-bond donors (Lipinski definition) is 3. The number of piperidine rings is 2. The van der Waals surface area contributed by atoms with Crippen LogP contribution in [0.5, 0.6) is 0 Å². The molecule has 0 radical (unpaired) electrons. The first-order valence-corrected chi connectivity index (χ1v) is 9.97. The Hall–Kier alpha value is -2.41. The molecule has 2 aliphatic rings. The highest BCUT2D eigenvalue weighted by atomic mass is 16.2. The monoisotopic (exact) mass is 368 g/mol. The fraction of sp³-hybridized carbons (Fsp3) is 0.550. The molecule has 2 saturated heterocycles. The Morgan fingerprint density at radius 1 is 1.22 bits per heavy atom. The van der Waals surface area contributed by atoms with Crippen molar-refractivity contribution in [2.24, 2.45) is 0 Å². The second-order valence-electron chi connectivity index (χ2n) is 7.63. The number of hydrogen-bond acceptors (Lipinski definition) is 5. The summed E-state index contributed by atoms with van der Waals surface area (Å²) in [7, 11) is 0. The van der Waals surface area contributed by atoms with Crippen molar-refractivity contribution in [3.05, 3.63) is 35.7 Å². The Kier molecular flexibility index (Phi) is 5.38. The first-order valence-electron chi connectivity index (χ1n) is 9.97. The minimum atomic E-state index is 0.00126. The summed E-state index contributed by atoms with van der Waals surface area (Å²) in [6.07, 6.45) is 5.37. The van der Waals surface area contributed by atoms with Crippen LogP contribution in [0, 0.1) is 6.92 Å². The molecule has 0 aliphatic carbocycles. The van der Waals surface area contributed by atoms with E-state index in [9.17, 15) is 4.79 Å². The van der Waals surface area contributed by atoms with Gasteiger partial charge < -0.3 is 15.5 Å². The predicted molar refractivity (Wildman–Crippen MR) is 105 cm³/mol. The average molecular weight is 368 g/mol. The molecule has 2 aromatic rings. The molecular formula is C20H28N6O. The highest BCUT2D eigenvalue weighted by Gasteiger charge is 2.30. The number of amides is 1. The molecule has 2 aromatic heterocycles. The third-order valence-electron chi connectivity index (χ3n) is 5.49. The normalized spacial score (nSPS) is 23.2. The number of nitrogens with one attached hydrogen (secondary N) is 3. The summed E-state index contributed by atoms with van der Waals surface area (Å²) in [6.45, 7) is 4.54. The number of pyridine rings is 1. The van der Waals surface area contributed by atoms with Crippen LogP contribution in [-0.4, -0.2) is 51.7 Å². The van der Waals surface area contributed by atoms with Crippen molar-refractivity contribution >= 4 is 17.5 Å². The van der Waals surface area contributed by atoms with Gasteiger partial charge in [0.05, 0.1) is 6.04 Å². The number of anilines is 2. The summed E-state index contributed by atoms with van der Waals surface area (Å²) in [6, 6.07) is 7.99. The molecule has 1 amide bonds. The molecule has 0 bridgehead atoms. The maximum Gasteiger partial charge on any atom is 0.239 e. The maximum atomic E-state index is 12.9. The number of carbonyl (C=O) groups is 1. The van der Waals surface area contributed by atoms with Crippen molar-refractivity contribution < 1.29 is 4.79 Å². The summed E-state index contributed by atoms with van der Waals surface area (Å²) < 4.78 is 0. The van der Waals surface area contributed by atoms with E-state index in [4.69, 9.17) is 4.98 Å². The maximum absolute atomic E-state index is 12.9. The number of nitrogens with zero attached hydrogens (tertiary/aromatic N) is 3. The van der Waals surface area contributed by atoms with E-state index in [1.807, 2.05) is 30.0 Å². The van der Waals surface area contributed by atoms with Gasteiger partial charge in [0.25, 0.3) is 0 Å². The first kappa shape index (κ1) is 18.0. The number of aromatic nitrogens is 3. The van der Waals surface area contributed by atoms with Crippen LogP contribution in [0.3, 0.4) is 0 Å². The first-order chi connectivity index (χ1) is 13.2. The zero-order chi connectivity index (χ0) is 18.6. The van der Waals surface area contributed by atoms with E-state index in [1.54, 1.807) is 0 Å². The fourth-order valence-corrected chi connectivity index (χ4v) is 4.06. The average Bonchev–Trinajstić information content (AvgIpc) is 3.13. The van der Waals surface area contributed by atoms with Gasteiger partial charge in [-0.15, -0.1) is 0 Å². The smallest absolute Gasteiger partial charge is 0.239 e. The molecule has 144 valence electrons. The molecule has 27 heavy (non-hydrogen) atoms. The third kappa shape index (κ3) is 4.30. The van der Waals surface area contributed by atoms with Gasteiger partial charge in [-0.2, -0.15) is 5.10 Å². The SMILES string of the molecule is Cc1cc(Nc2cccc(C3CCCN(C(=O)C4CCCCN4)C3)n2)n[nH]1. The number of aromatic amines is 1. The lowest BCUT2D eigenvalue weighted by atomic mass is 9.93. The molecule has 0 saturated carbocycles. The van der Waals surface area contributed by atoms with E-state index < -0.39 is 0 Å². The van der Waals surface area contributed by atoms with Crippen molar-refractivity contribution in [2.45, 2.75) is 51.0 Å². The molecule has 0 aromatic carbocycles. The lowest BCUT2D eigenvalue weighted by Gasteiger charge is -2.36. The summed E-state index contributed by atoms with van der Waals surface area (Å²) in [4.78, 5) is 19.7. The van der Waals surface area contributed by atoms with Crippen molar-refractivity contribution in [3.8, 4) is 0 Å². The number of H-pyrrole nitrogens is 1. The van der Waals surface area contributed by atoms with Gasteiger partial charge >= 0.3 is 0 Å². The predicted octanol–water partition coefficient (Wildman–Crippen LogP) is 2.70. The Morgan fingerprint density at radius 3 is 2.93 bits per heavy atom. The van der Waals surface area contributed by atoms with Crippen LogP contribution in [0.2, 0.25) is 0 Å². The summed E-state index contributed by atoms with van der Waals surface area (Å²) >= 11 is 0. The van der Waals surface area contributed by atoms with Gasteiger partial charge in [0.1, 0.15) is 5.82 Å². The van der Waals surface area contributed by atoms with Crippen LogP contribution in [0.4, 0.5) is 11.6 Å². The van der Waals surface area contributed by atoms with E-state index >= 15 is 0 Å². The van der Waals surface area contributed by atoms with Gasteiger partial charge in [-0.1, -0.05) is 12.5 Å². The van der Waals surface area contributed by atoms with Crippen molar-refractivity contribution in [1.82, 2.24) is 25.4 Å². The molecule has 2 atom stereocenters. The highest BCUT2D eigenvalue weighted by molar-refractivity contribution is 5.82. The van der Waals surface area contributed by atoms with Crippen LogP contribution >= 0.6 is 0 Å². The molecule has 0 spiro atoms. The molecule has 2 aliphatic heterocycles. The highest BCUT2D eigenvalue weighted by Crippen LogP contribution is 2.28. The molecule has 7 heteroatoms. The van der Waals surface area contributed by atoms with E-state index in [2.05, 4.69) is 26.9 Å². The van der Waals surface area contributed by atoms with Gasteiger partial charge in [-0.05, 0) is 51.3 Å². The summed E-state index contributed by atoms with van der Waals surface area (Å²) in [5.74, 6) is 2.10. The number of rotatable bonds is 4. The molecule has 2 fully saturated rings. The molecule has 3 N–H and O–H groups in total. The Balaban J connectivity index is 1.43. The molecule has 4 heterocycles. The van der Waals surface area contributed by atoms with Gasteiger partial charge in [0.15, 0.2) is 5.82 Å². The lowest BCUT2D eigenvalue weighted by Crippen LogP contribution is -2.51. The number of aryl methyl sites for hydroxylation is 1. The van der Waals surface area contributed by atoms with Crippen molar-refractivity contribution in [1.29, 1.82) is 0 Å². The summed E-state index contributed by atoms with van der Waals surface area (Å²) in [5.41, 5.74) is 2.05. The Morgan fingerprint density at radius 2 is 2.15 bits per heavy atom. The van der Waals surface area contributed by atoms with Crippen LogP contribution in [0.1, 0.15) is 49.4 Å². The third-order valence-corrected chi connectivity index (χ3v) is 5.49. The molecule has 4 rings (SSSR count). The van der Waals surface area contributed by atoms with Gasteiger partial charge in [0, 0.05) is 36.5 Å². The number of carbonyl (C=O) groups excluding carboxylic acids is 1. The van der Waals surface area contributed by atoms with Gasteiger partial charge in [-0.25, -0.2) is 4.98 Å². The lowest BCUT2D eigenvalue weighted by molar-refractivity contribution is -0.135.